The second-order valence-electron chi connectivity index (χ2n) is 4.32. The van der Waals surface area contributed by atoms with Crippen molar-refractivity contribution in [1.29, 1.82) is 0 Å². The molecule has 0 saturated heterocycles. The molecule has 0 heterocycles. The van der Waals surface area contributed by atoms with Crippen LogP contribution in [0.5, 0.6) is 0 Å². The summed E-state index contributed by atoms with van der Waals surface area (Å²) >= 11 is 4.32. The van der Waals surface area contributed by atoms with Crippen molar-refractivity contribution in [3.05, 3.63) is 39.9 Å². The maximum absolute atomic E-state index is 11.4. The van der Waals surface area contributed by atoms with Crippen LogP contribution in [0.1, 0.15) is 25.3 Å². The number of ether oxygens (including phenoxy) is 1. The Hall–Kier alpha value is -1.76. The quantitative estimate of drug-likeness (QED) is 0.461. The number of benzene rings is 1. The van der Waals surface area contributed by atoms with Crippen LogP contribution in [0.25, 0.3) is 0 Å². The monoisotopic (exact) mass is 298 g/mol. The van der Waals surface area contributed by atoms with Crippen molar-refractivity contribution < 1.29 is 14.5 Å². The normalized spacial score (nSPS) is 11.7. The van der Waals surface area contributed by atoms with Crippen molar-refractivity contribution in [3.63, 3.8) is 0 Å². The fourth-order valence-corrected chi connectivity index (χ4v) is 1.90. The largest absolute Gasteiger partial charge is 0.445 e. The van der Waals surface area contributed by atoms with Crippen molar-refractivity contribution in [2.75, 3.05) is 6.54 Å². The third-order valence-corrected chi connectivity index (χ3v) is 3.06. The van der Waals surface area contributed by atoms with Crippen LogP contribution in [0, 0.1) is 10.1 Å². The highest BCUT2D eigenvalue weighted by atomic mass is 32.1. The standard InChI is InChI=1S/C13H18N2O4S/c1-2-3-12(20)8-14-13(16)19-9-10-4-6-11(7-5-10)15(17)18/h4-7,12,20H,2-3,8-9H2,1H3,(H,14,16). The number of carbonyl (C=O) groups excluding carboxylic acids is 1. The predicted octanol–water partition coefficient (Wildman–Crippen LogP) is 2.92. The van der Waals surface area contributed by atoms with Crippen LogP contribution in [-0.4, -0.2) is 22.8 Å². The summed E-state index contributed by atoms with van der Waals surface area (Å²) in [7, 11) is 0. The Kier molecular flexibility index (Phi) is 6.86. The molecule has 1 unspecified atom stereocenters. The molecular formula is C13H18N2O4S. The Bertz CT molecular complexity index is 450. The van der Waals surface area contributed by atoms with Gasteiger partial charge in [-0.2, -0.15) is 12.6 Å². The van der Waals surface area contributed by atoms with Gasteiger partial charge in [-0.25, -0.2) is 4.79 Å². The van der Waals surface area contributed by atoms with E-state index in [1.165, 1.54) is 12.1 Å². The molecule has 110 valence electrons. The molecule has 0 fully saturated rings. The molecule has 6 nitrogen and oxygen atoms in total. The fraction of sp³-hybridized carbons (Fsp3) is 0.462. The van der Waals surface area contributed by atoms with Crippen LogP contribution in [0.15, 0.2) is 24.3 Å². The summed E-state index contributed by atoms with van der Waals surface area (Å²) in [5, 5.41) is 13.2. The lowest BCUT2D eigenvalue weighted by Gasteiger charge is -2.11. The fourth-order valence-electron chi connectivity index (χ4n) is 1.55. The number of nitrogens with zero attached hydrogens (tertiary/aromatic N) is 1. The Balaban J connectivity index is 2.32. The SMILES string of the molecule is CCCC(S)CNC(=O)OCc1ccc([N+](=O)[O-])cc1. The van der Waals surface area contributed by atoms with Gasteiger partial charge in [-0.1, -0.05) is 13.3 Å². The zero-order valence-corrected chi connectivity index (χ0v) is 12.1. The second-order valence-corrected chi connectivity index (χ2v) is 5.05. The molecule has 1 amide bonds. The number of alkyl carbamates (subject to hydrolysis) is 1. The maximum Gasteiger partial charge on any atom is 0.407 e. The number of non-ortho nitro benzene ring substituents is 1. The van der Waals surface area contributed by atoms with Gasteiger partial charge in [0, 0.05) is 23.9 Å². The number of rotatable bonds is 7. The van der Waals surface area contributed by atoms with Crippen molar-refractivity contribution in [2.45, 2.75) is 31.6 Å². The topological polar surface area (TPSA) is 81.5 Å². The second kappa shape index (κ2) is 8.42. The zero-order chi connectivity index (χ0) is 15.0. The summed E-state index contributed by atoms with van der Waals surface area (Å²) in [5.41, 5.74) is 0.706. The molecule has 0 aliphatic heterocycles. The lowest BCUT2D eigenvalue weighted by atomic mass is 10.2. The van der Waals surface area contributed by atoms with E-state index in [2.05, 4.69) is 24.9 Å². The van der Waals surface area contributed by atoms with E-state index >= 15 is 0 Å². The first kappa shape index (κ1) is 16.3. The molecule has 0 radical (unpaired) electrons. The molecule has 1 N–H and O–H groups in total. The van der Waals surface area contributed by atoms with E-state index in [0.29, 0.717) is 12.1 Å². The first-order valence-electron chi connectivity index (χ1n) is 6.35. The minimum absolute atomic E-state index is 0.00989. The third-order valence-electron chi connectivity index (χ3n) is 2.62. The van der Waals surface area contributed by atoms with Gasteiger partial charge >= 0.3 is 6.09 Å². The summed E-state index contributed by atoms with van der Waals surface area (Å²) in [6, 6.07) is 5.87. The average Bonchev–Trinajstić information content (AvgIpc) is 2.43. The highest BCUT2D eigenvalue weighted by Crippen LogP contribution is 2.12. The minimum Gasteiger partial charge on any atom is -0.445 e. The van der Waals surface area contributed by atoms with Crippen molar-refractivity contribution in [3.8, 4) is 0 Å². The number of amides is 1. The molecule has 1 atom stereocenters. The summed E-state index contributed by atoms with van der Waals surface area (Å²) in [4.78, 5) is 21.4. The molecule has 0 spiro atoms. The van der Waals surface area contributed by atoms with Gasteiger partial charge < -0.3 is 10.1 Å². The Morgan fingerprint density at radius 3 is 2.65 bits per heavy atom. The minimum atomic E-state index is -0.515. The smallest absolute Gasteiger partial charge is 0.407 e. The van der Waals surface area contributed by atoms with Crippen molar-refractivity contribution >= 4 is 24.4 Å². The average molecular weight is 298 g/mol. The highest BCUT2D eigenvalue weighted by Gasteiger charge is 2.08. The van der Waals surface area contributed by atoms with E-state index in [-0.39, 0.29) is 17.5 Å². The van der Waals surface area contributed by atoms with Crippen LogP contribution in [0.4, 0.5) is 10.5 Å². The van der Waals surface area contributed by atoms with Crippen LogP contribution in [-0.2, 0) is 11.3 Å². The first-order valence-corrected chi connectivity index (χ1v) is 6.86. The van der Waals surface area contributed by atoms with Crippen molar-refractivity contribution in [1.82, 2.24) is 5.32 Å². The molecule has 7 heteroatoms. The van der Waals surface area contributed by atoms with Gasteiger partial charge in [-0.15, -0.1) is 0 Å². The number of carbonyl (C=O) groups is 1. The number of hydrogen-bond donors (Lipinski definition) is 2. The third kappa shape index (κ3) is 5.92. The van der Waals surface area contributed by atoms with Crippen LogP contribution >= 0.6 is 12.6 Å². The number of nitrogens with one attached hydrogen (secondary N) is 1. The molecule has 0 aliphatic carbocycles. The van der Waals surface area contributed by atoms with Gasteiger partial charge in [-0.3, -0.25) is 10.1 Å². The Morgan fingerprint density at radius 2 is 2.10 bits per heavy atom. The molecule has 0 bridgehead atoms. The van der Waals surface area contributed by atoms with Gasteiger partial charge in [0.05, 0.1) is 4.92 Å². The van der Waals surface area contributed by atoms with Crippen molar-refractivity contribution in [2.24, 2.45) is 0 Å². The summed E-state index contributed by atoms with van der Waals surface area (Å²) in [6.45, 7) is 2.58. The Labute approximate surface area is 123 Å². The molecule has 0 aliphatic rings. The molecule has 1 rings (SSSR count). The molecule has 1 aromatic rings. The molecule has 0 aromatic heterocycles. The molecular weight excluding hydrogens is 280 g/mol. The maximum atomic E-state index is 11.4. The Morgan fingerprint density at radius 1 is 1.45 bits per heavy atom. The zero-order valence-electron chi connectivity index (χ0n) is 11.2. The summed E-state index contributed by atoms with van der Waals surface area (Å²) in [6.07, 6.45) is 1.41. The number of nitro benzene ring substituents is 1. The van der Waals surface area contributed by atoms with E-state index in [1.807, 2.05) is 0 Å². The van der Waals surface area contributed by atoms with E-state index in [4.69, 9.17) is 4.74 Å². The van der Waals surface area contributed by atoms with Gasteiger partial charge in [0.2, 0.25) is 0 Å². The van der Waals surface area contributed by atoms with E-state index < -0.39 is 11.0 Å². The molecule has 20 heavy (non-hydrogen) atoms. The lowest BCUT2D eigenvalue weighted by Crippen LogP contribution is -2.30. The molecule has 1 aromatic carbocycles. The number of nitro groups is 1. The van der Waals surface area contributed by atoms with Gasteiger partial charge in [-0.05, 0) is 24.1 Å². The van der Waals surface area contributed by atoms with Gasteiger partial charge in [0.25, 0.3) is 5.69 Å². The predicted molar refractivity (Wildman–Crippen MR) is 79.0 cm³/mol. The summed E-state index contributed by atoms with van der Waals surface area (Å²) < 4.78 is 5.00. The van der Waals surface area contributed by atoms with E-state index in [1.54, 1.807) is 12.1 Å². The summed E-state index contributed by atoms with van der Waals surface area (Å²) in [5.74, 6) is 0. The molecule has 0 saturated carbocycles. The highest BCUT2D eigenvalue weighted by molar-refractivity contribution is 7.81. The number of hydrogen-bond acceptors (Lipinski definition) is 5. The van der Waals surface area contributed by atoms with E-state index in [0.717, 1.165) is 12.8 Å². The van der Waals surface area contributed by atoms with Gasteiger partial charge in [0.1, 0.15) is 6.61 Å². The lowest BCUT2D eigenvalue weighted by molar-refractivity contribution is -0.384. The van der Waals surface area contributed by atoms with Crippen LogP contribution in [0.3, 0.4) is 0 Å². The first-order chi connectivity index (χ1) is 9.52. The number of thiol groups is 1. The van der Waals surface area contributed by atoms with E-state index in [9.17, 15) is 14.9 Å². The van der Waals surface area contributed by atoms with Crippen LogP contribution < -0.4 is 5.32 Å². The van der Waals surface area contributed by atoms with Gasteiger partial charge in [0.15, 0.2) is 0 Å². The van der Waals surface area contributed by atoms with Crippen LogP contribution in [0.2, 0.25) is 0 Å².